The molecule has 0 unspecified atom stereocenters. The van der Waals surface area contributed by atoms with Gasteiger partial charge in [0, 0.05) is 18.6 Å². The lowest BCUT2D eigenvalue weighted by Gasteiger charge is -2.09. The highest BCUT2D eigenvalue weighted by Crippen LogP contribution is 2.23. The van der Waals surface area contributed by atoms with Gasteiger partial charge >= 0.3 is 0 Å². The second kappa shape index (κ2) is 5.71. The van der Waals surface area contributed by atoms with Gasteiger partial charge in [-0.05, 0) is 40.1 Å². The van der Waals surface area contributed by atoms with Gasteiger partial charge in [0.15, 0.2) is 0 Å². The summed E-state index contributed by atoms with van der Waals surface area (Å²) in [6.07, 6.45) is 5.89. The summed E-state index contributed by atoms with van der Waals surface area (Å²) in [5, 5.41) is 11.2. The molecule has 0 saturated heterocycles. The van der Waals surface area contributed by atoms with Crippen LogP contribution in [0.5, 0.6) is 0 Å². The van der Waals surface area contributed by atoms with Gasteiger partial charge in [0.25, 0.3) is 0 Å². The number of hydrogen-bond donors (Lipinski definition) is 2. The number of tetrazole rings is 1. The second-order valence-corrected chi connectivity index (χ2v) is 4.59. The molecule has 8 heteroatoms. The molecule has 3 heterocycles. The highest BCUT2D eigenvalue weighted by atomic mass is 16.5. The van der Waals surface area contributed by atoms with Crippen LogP contribution in [0.15, 0.2) is 30.7 Å². The van der Waals surface area contributed by atoms with Gasteiger partial charge < -0.3 is 16.2 Å². The Hall–Kier alpha value is -2.74. The molecule has 0 atom stereocenters. The van der Waals surface area contributed by atoms with Crippen LogP contribution in [-0.4, -0.2) is 31.6 Å². The smallest absolute Gasteiger partial charge is 0.204 e. The van der Waals surface area contributed by atoms with Crippen LogP contribution in [0.1, 0.15) is 11.1 Å². The van der Waals surface area contributed by atoms with Gasteiger partial charge in [0.2, 0.25) is 5.65 Å². The number of fused-ring (bicyclic) bond motifs is 1. The van der Waals surface area contributed by atoms with Crippen molar-refractivity contribution in [3.63, 3.8) is 0 Å². The Bertz CT molecular complexity index is 741. The predicted octanol–water partition coefficient (Wildman–Crippen LogP) is 0.443. The lowest BCUT2D eigenvalue weighted by molar-refractivity contribution is 0.124. The monoisotopic (exact) mass is 285 g/mol. The number of nitrogen functional groups attached to an aromatic ring is 2. The molecule has 0 aliphatic rings. The van der Waals surface area contributed by atoms with E-state index in [0.717, 1.165) is 11.1 Å². The van der Waals surface area contributed by atoms with E-state index in [4.69, 9.17) is 16.2 Å². The topological polar surface area (TPSA) is 117 Å². The van der Waals surface area contributed by atoms with Gasteiger partial charge in [-0.2, -0.15) is 4.52 Å². The maximum absolute atomic E-state index is 6.00. The number of nitrogens with zero attached hydrogens (tertiary/aromatic N) is 5. The van der Waals surface area contributed by atoms with Crippen LogP contribution >= 0.6 is 0 Å². The van der Waals surface area contributed by atoms with Crippen molar-refractivity contribution in [2.75, 3.05) is 18.1 Å². The fraction of sp³-hybridized carbons (Fsp3) is 0.231. The molecule has 0 aliphatic heterocycles. The summed E-state index contributed by atoms with van der Waals surface area (Å²) in [6.45, 7) is 1.06. The Balaban J connectivity index is 1.64. The summed E-state index contributed by atoms with van der Waals surface area (Å²) < 4.78 is 7.14. The number of aromatic nitrogens is 5. The average molecular weight is 285 g/mol. The Morgan fingerprint density at radius 1 is 1.14 bits per heavy atom. The zero-order valence-corrected chi connectivity index (χ0v) is 11.3. The van der Waals surface area contributed by atoms with Crippen molar-refractivity contribution >= 4 is 17.0 Å². The van der Waals surface area contributed by atoms with Crippen molar-refractivity contribution in [2.24, 2.45) is 0 Å². The van der Waals surface area contributed by atoms with Gasteiger partial charge in [0.1, 0.15) is 5.69 Å². The van der Waals surface area contributed by atoms with Crippen LogP contribution in [0.2, 0.25) is 0 Å². The van der Waals surface area contributed by atoms with Crippen LogP contribution in [0, 0.1) is 0 Å². The quantitative estimate of drug-likeness (QED) is 0.653. The first-order valence-electron chi connectivity index (χ1n) is 6.47. The summed E-state index contributed by atoms with van der Waals surface area (Å²) in [4.78, 5) is 3.96. The SMILES string of the molecule is Nc1c(CCOCc2ccncc2)cn2nnnc2c1N. The molecule has 0 amide bonds. The Morgan fingerprint density at radius 2 is 1.95 bits per heavy atom. The molecule has 0 aromatic carbocycles. The lowest BCUT2D eigenvalue weighted by atomic mass is 10.1. The predicted molar refractivity (Wildman–Crippen MR) is 77.2 cm³/mol. The Labute approximate surface area is 120 Å². The van der Waals surface area contributed by atoms with Gasteiger partial charge in [0.05, 0.1) is 18.9 Å². The van der Waals surface area contributed by atoms with Gasteiger partial charge in [-0.1, -0.05) is 0 Å². The Morgan fingerprint density at radius 3 is 2.76 bits per heavy atom. The zero-order valence-electron chi connectivity index (χ0n) is 11.3. The van der Waals surface area contributed by atoms with E-state index in [0.29, 0.717) is 36.7 Å². The molecule has 0 bridgehead atoms. The van der Waals surface area contributed by atoms with E-state index in [1.807, 2.05) is 12.1 Å². The minimum absolute atomic E-state index is 0.395. The summed E-state index contributed by atoms with van der Waals surface area (Å²) in [5.41, 5.74) is 15.2. The largest absolute Gasteiger partial charge is 0.397 e. The molecule has 8 nitrogen and oxygen atoms in total. The van der Waals surface area contributed by atoms with Gasteiger partial charge in [-0.25, -0.2) is 0 Å². The first-order valence-corrected chi connectivity index (χ1v) is 6.47. The summed E-state index contributed by atoms with van der Waals surface area (Å²) in [7, 11) is 0. The molecule has 0 spiro atoms. The van der Waals surface area contributed by atoms with Crippen LogP contribution in [0.3, 0.4) is 0 Å². The van der Waals surface area contributed by atoms with Crippen LogP contribution in [0.25, 0.3) is 5.65 Å². The van der Waals surface area contributed by atoms with Crippen molar-refractivity contribution in [1.82, 2.24) is 25.0 Å². The summed E-state index contributed by atoms with van der Waals surface area (Å²) >= 11 is 0. The Kier molecular flexibility index (Phi) is 3.61. The van der Waals surface area contributed by atoms with Crippen LogP contribution in [-0.2, 0) is 17.8 Å². The molecule has 0 fully saturated rings. The molecule has 108 valence electrons. The molecule has 4 N–H and O–H groups in total. The number of hydrogen-bond acceptors (Lipinski definition) is 7. The maximum Gasteiger partial charge on any atom is 0.204 e. The fourth-order valence-corrected chi connectivity index (χ4v) is 2.02. The second-order valence-electron chi connectivity index (χ2n) is 4.59. The van der Waals surface area contributed by atoms with Crippen LogP contribution in [0.4, 0.5) is 11.4 Å². The van der Waals surface area contributed by atoms with Crippen molar-refractivity contribution in [3.8, 4) is 0 Å². The third kappa shape index (κ3) is 2.75. The third-order valence-electron chi connectivity index (χ3n) is 3.18. The van der Waals surface area contributed by atoms with Gasteiger partial charge in [-0.15, -0.1) is 5.10 Å². The number of pyridine rings is 2. The minimum atomic E-state index is 0.395. The standard InChI is InChI=1S/C13H15N7O/c14-11-10(7-20-13(12(11)15)17-18-19-20)3-6-21-8-9-1-4-16-5-2-9/h1-2,4-5,7H,3,6,8,14-15H2. The van der Waals surface area contributed by atoms with E-state index in [1.165, 1.54) is 4.52 Å². The number of rotatable bonds is 5. The summed E-state index contributed by atoms with van der Waals surface area (Å²) in [6, 6.07) is 3.83. The van der Waals surface area contributed by atoms with Crippen molar-refractivity contribution < 1.29 is 4.74 Å². The molecule has 21 heavy (non-hydrogen) atoms. The first-order chi connectivity index (χ1) is 10.3. The molecule has 3 aromatic rings. The highest BCUT2D eigenvalue weighted by Gasteiger charge is 2.11. The van der Waals surface area contributed by atoms with Gasteiger partial charge in [-0.3, -0.25) is 4.98 Å². The van der Waals surface area contributed by atoms with Crippen LogP contribution < -0.4 is 11.5 Å². The lowest BCUT2D eigenvalue weighted by Crippen LogP contribution is -2.07. The summed E-state index contributed by atoms with van der Waals surface area (Å²) in [5.74, 6) is 0. The van der Waals surface area contributed by atoms with E-state index < -0.39 is 0 Å². The van der Waals surface area contributed by atoms with Crippen molar-refractivity contribution in [3.05, 3.63) is 41.9 Å². The normalized spacial score (nSPS) is 11.0. The van der Waals surface area contributed by atoms with E-state index in [1.54, 1.807) is 18.6 Å². The number of nitrogens with two attached hydrogens (primary N) is 2. The molecular weight excluding hydrogens is 270 g/mol. The molecule has 0 radical (unpaired) electrons. The van der Waals surface area contributed by atoms with Crippen molar-refractivity contribution in [2.45, 2.75) is 13.0 Å². The number of ether oxygens (including phenoxy) is 1. The highest BCUT2D eigenvalue weighted by molar-refractivity contribution is 5.79. The maximum atomic E-state index is 6.00. The van der Waals surface area contributed by atoms with E-state index in [9.17, 15) is 0 Å². The molecule has 0 aliphatic carbocycles. The van der Waals surface area contributed by atoms with E-state index in [-0.39, 0.29) is 0 Å². The first kappa shape index (κ1) is 13.3. The zero-order chi connectivity index (χ0) is 14.7. The molecular formula is C13H15N7O. The molecule has 3 rings (SSSR count). The minimum Gasteiger partial charge on any atom is -0.397 e. The molecule has 0 saturated carbocycles. The van der Waals surface area contributed by atoms with E-state index >= 15 is 0 Å². The third-order valence-corrected chi connectivity index (χ3v) is 3.18. The molecule has 3 aromatic heterocycles. The van der Waals surface area contributed by atoms with Crippen molar-refractivity contribution in [1.29, 1.82) is 0 Å². The fourth-order valence-electron chi connectivity index (χ4n) is 2.02. The average Bonchev–Trinajstić information content (AvgIpc) is 2.98. The number of anilines is 2. The van der Waals surface area contributed by atoms with E-state index in [2.05, 4.69) is 20.5 Å².